The Morgan fingerprint density at radius 1 is 1.44 bits per heavy atom. The van der Waals surface area contributed by atoms with Gasteiger partial charge in [-0.25, -0.2) is 0 Å². The smallest absolute Gasteiger partial charge is 0.105 e. The third kappa shape index (κ3) is 2.47. The van der Waals surface area contributed by atoms with Gasteiger partial charge in [0.15, 0.2) is 0 Å². The van der Waals surface area contributed by atoms with Gasteiger partial charge in [-0.15, -0.1) is 0 Å². The van der Waals surface area contributed by atoms with Gasteiger partial charge in [0.1, 0.15) is 11.5 Å². The minimum absolute atomic E-state index is 0.274. The number of furan rings is 1. The van der Waals surface area contributed by atoms with E-state index in [1.165, 1.54) is 18.4 Å². The minimum atomic E-state index is 0.274. The predicted octanol–water partition coefficient (Wildman–Crippen LogP) is 2.24. The normalized spacial score (nSPS) is 22.6. The Morgan fingerprint density at radius 3 is 2.88 bits per heavy atom. The zero-order valence-electron chi connectivity index (χ0n) is 10.2. The van der Waals surface area contributed by atoms with Crippen molar-refractivity contribution in [3.05, 3.63) is 23.2 Å². The molecule has 2 heterocycles. The second-order valence-corrected chi connectivity index (χ2v) is 4.74. The number of rotatable bonds is 3. The van der Waals surface area contributed by atoms with E-state index in [9.17, 15) is 5.11 Å². The van der Waals surface area contributed by atoms with Gasteiger partial charge in [-0.3, -0.25) is 4.90 Å². The van der Waals surface area contributed by atoms with E-state index < -0.39 is 0 Å². The molecule has 1 aromatic rings. The Hall–Kier alpha value is -0.800. The number of aliphatic hydroxyl groups is 1. The van der Waals surface area contributed by atoms with Crippen molar-refractivity contribution in [2.24, 2.45) is 0 Å². The van der Waals surface area contributed by atoms with Crippen LogP contribution in [0.5, 0.6) is 0 Å². The van der Waals surface area contributed by atoms with E-state index in [1.807, 2.05) is 13.8 Å². The van der Waals surface area contributed by atoms with Gasteiger partial charge in [-0.2, -0.15) is 0 Å². The second kappa shape index (κ2) is 5.02. The Kier molecular flexibility index (Phi) is 3.66. The van der Waals surface area contributed by atoms with Crippen molar-refractivity contribution in [1.29, 1.82) is 0 Å². The fourth-order valence-corrected chi connectivity index (χ4v) is 2.53. The van der Waals surface area contributed by atoms with Crippen LogP contribution in [0.2, 0.25) is 0 Å². The van der Waals surface area contributed by atoms with E-state index >= 15 is 0 Å². The molecule has 0 amide bonds. The molecule has 1 aliphatic heterocycles. The van der Waals surface area contributed by atoms with Crippen LogP contribution in [0.3, 0.4) is 0 Å². The lowest BCUT2D eigenvalue weighted by Gasteiger charge is -2.34. The van der Waals surface area contributed by atoms with Gasteiger partial charge in [-0.1, -0.05) is 6.42 Å². The first-order valence-electron chi connectivity index (χ1n) is 6.11. The third-order valence-corrected chi connectivity index (χ3v) is 3.48. The summed E-state index contributed by atoms with van der Waals surface area (Å²) in [5.41, 5.74) is 1.26. The maximum absolute atomic E-state index is 9.35. The Balaban J connectivity index is 2.04. The van der Waals surface area contributed by atoms with Gasteiger partial charge in [0.05, 0.1) is 6.61 Å². The summed E-state index contributed by atoms with van der Waals surface area (Å²) in [4.78, 5) is 2.38. The summed E-state index contributed by atoms with van der Waals surface area (Å²) < 4.78 is 5.54. The number of hydrogen-bond donors (Lipinski definition) is 1. The molecule has 0 aromatic carbocycles. The number of piperidine rings is 1. The molecule has 0 bridgehead atoms. The molecule has 1 saturated heterocycles. The number of nitrogens with zero attached hydrogens (tertiary/aromatic N) is 1. The van der Waals surface area contributed by atoms with Crippen molar-refractivity contribution in [3.63, 3.8) is 0 Å². The number of aliphatic hydroxyl groups excluding tert-OH is 1. The summed E-state index contributed by atoms with van der Waals surface area (Å²) >= 11 is 0. The van der Waals surface area contributed by atoms with E-state index in [4.69, 9.17) is 4.42 Å². The van der Waals surface area contributed by atoms with Gasteiger partial charge >= 0.3 is 0 Å². The van der Waals surface area contributed by atoms with Crippen LogP contribution in [0, 0.1) is 13.8 Å². The molecule has 1 fully saturated rings. The van der Waals surface area contributed by atoms with Crippen molar-refractivity contribution in [3.8, 4) is 0 Å². The molecule has 90 valence electrons. The Labute approximate surface area is 97.1 Å². The van der Waals surface area contributed by atoms with E-state index in [0.717, 1.165) is 31.0 Å². The molecule has 1 unspecified atom stereocenters. The zero-order valence-corrected chi connectivity index (χ0v) is 10.2. The van der Waals surface area contributed by atoms with Gasteiger partial charge < -0.3 is 9.52 Å². The molecule has 2 rings (SSSR count). The summed E-state index contributed by atoms with van der Waals surface area (Å²) in [5.74, 6) is 1.99. The van der Waals surface area contributed by atoms with Crippen LogP contribution in [0.15, 0.2) is 10.5 Å². The maximum Gasteiger partial charge on any atom is 0.105 e. The van der Waals surface area contributed by atoms with Crippen LogP contribution in [0.25, 0.3) is 0 Å². The minimum Gasteiger partial charge on any atom is -0.466 e. The standard InChI is InChI=1S/C13H21NO2/c1-10-7-12(11(2)16-10)8-14-6-4-3-5-13(14)9-15/h7,13,15H,3-6,8-9H2,1-2H3. The zero-order chi connectivity index (χ0) is 11.5. The van der Waals surface area contributed by atoms with Crippen molar-refractivity contribution in [1.82, 2.24) is 4.90 Å². The summed E-state index contributed by atoms with van der Waals surface area (Å²) in [6.45, 7) is 6.27. The van der Waals surface area contributed by atoms with E-state index in [1.54, 1.807) is 0 Å². The number of aryl methyl sites for hydroxylation is 2. The second-order valence-electron chi connectivity index (χ2n) is 4.74. The number of hydrogen-bond acceptors (Lipinski definition) is 3. The largest absolute Gasteiger partial charge is 0.466 e. The molecule has 0 spiro atoms. The molecule has 3 heteroatoms. The van der Waals surface area contributed by atoms with Crippen molar-refractivity contribution >= 4 is 0 Å². The molecule has 1 aromatic heterocycles. The summed E-state index contributed by atoms with van der Waals surface area (Å²) in [6.07, 6.45) is 3.60. The molecule has 1 atom stereocenters. The van der Waals surface area contributed by atoms with Crippen molar-refractivity contribution in [2.45, 2.75) is 45.7 Å². The van der Waals surface area contributed by atoms with Crippen LogP contribution >= 0.6 is 0 Å². The SMILES string of the molecule is Cc1cc(CN2CCCCC2CO)c(C)o1. The lowest BCUT2D eigenvalue weighted by molar-refractivity contribution is 0.0837. The predicted molar refractivity (Wildman–Crippen MR) is 63.3 cm³/mol. The average Bonchev–Trinajstić information content (AvgIpc) is 2.58. The topological polar surface area (TPSA) is 36.6 Å². The quantitative estimate of drug-likeness (QED) is 0.853. The molecular weight excluding hydrogens is 202 g/mol. The molecule has 0 radical (unpaired) electrons. The van der Waals surface area contributed by atoms with Crippen molar-refractivity contribution < 1.29 is 9.52 Å². The van der Waals surface area contributed by atoms with E-state index in [2.05, 4.69) is 11.0 Å². The lowest BCUT2D eigenvalue weighted by Crippen LogP contribution is -2.41. The highest BCUT2D eigenvalue weighted by molar-refractivity contribution is 5.20. The monoisotopic (exact) mass is 223 g/mol. The third-order valence-electron chi connectivity index (χ3n) is 3.48. The summed E-state index contributed by atoms with van der Waals surface area (Å²) in [6, 6.07) is 2.45. The Bertz CT molecular complexity index is 346. The van der Waals surface area contributed by atoms with E-state index in [0.29, 0.717) is 6.04 Å². The van der Waals surface area contributed by atoms with Crippen LogP contribution < -0.4 is 0 Å². The van der Waals surface area contributed by atoms with Crippen molar-refractivity contribution in [2.75, 3.05) is 13.2 Å². The molecular formula is C13H21NO2. The van der Waals surface area contributed by atoms with Gasteiger partial charge in [0, 0.05) is 18.2 Å². The van der Waals surface area contributed by atoms with Gasteiger partial charge in [0.25, 0.3) is 0 Å². The first-order chi connectivity index (χ1) is 7.70. The van der Waals surface area contributed by atoms with Crippen LogP contribution in [0.1, 0.15) is 36.3 Å². The van der Waals surface area contributed by atoms with Crippen LogP contribution in [0.4, 0.5) is 0 Å². The maximum atomic E-state index is 9.35. The van der Waals surface area contributed by atoms with E-state index in [-0.39, 0.29) is 6.61 Å². The fraction of sp³-hybridized carbons (Fsp3) is 0.692. The first-order valence-corrected chi connectivity index (χ1v) is 6.11. The van der Waals surface area contributed by atoms with Gasteiger partial charge in [-0.05, 0) is 39.3 Å². The van der Waals surface area contributed by atoms with Crippen LogP contribution in [-0.2, 0) is 6.54 Å². The highest BCUT2D eigenvalue weighted by atomic mass is 16.3. The number of likely N-dealkylation sites (tertiary alicyclic amines) is 1. The Morgan fingerprint density at radius 2 is 2.25 bits per heavy atom. The molecule has 3 nitrogen and oxygen atoms in total. The fourth-order valence-electron chi connectivity index (χ4n) is 2.53. The highest BCUT2D eigenvalue weighted by Crippen LogP contribution is 2.22. The molecule has 0 saturated carbocycles. The van der Waals surface area contributed by atoms with Crippen LogP contribution in [-0.4, -0.2) is 29.2 Å². The highest BCUT2D eigenvalue weighted by Gasteiger charge is 2.22. The lowest BCUT2D eigenvalue weighted by atomic mass is 10.0. The molecule has 0 aliphatic carbocycles. The molecule has 16 heavy (non-hydrogen) atoms. The molecule has 1 N–H and O–H groups in total. The molecule has 1 aliphatic rings. The average molecular weight is 223 g/mol. The van der Waals surface area contributed by atoms with Gasteiger partial charge in [0.2, 0.25) is 0 Å². The summed E-state index contributed by atoms with van der Waals surface area (Å²) in [7, 11) is 0. The first kappa shape index (κ1) is 11.7. The summed E-state index contributed by atoms with van der Waals surface area (Å²) in [5, 5.41) is 9.35.